The maximum Gasteiger partial charge on any atom is 0.157 e. The summed E-state index contributed by atoms with van der Waals surface area (Å²) < 4.78 is 7.47. The van der Waals surface area contributed by atoms with Gasteiger partial charge in [-0.25, -0.2) is 4.68 Å². The summed E-state index contributed by atoms with van der Waals surface area (Å²) in [6.45, 7) is 2.84. The van der Waals surface area contributed by atoms with Gasteiger partial charge in [0.05, 0.1) is 24.7 Å². The van der Waals surface area contributed by atoms with Crippen LogP contribution in [0.2, 0.25) is 5.02 Å². The van der Waals surface area contributed by atoms with Crippen molar-refractivity contribution < 1.29 is 4.74 Å². The topological polar surface area (TPSA) is 39.1 Å². The molecule has 0 saturated carbocycles. The van der Waals surface area contributed by atoms with E-state index in [9.17, 15) is 0 Å². The first kappa shape index (κ1) is 11.6. The summed E-state index contributed by atoms with van der Waals surface area (Å²) in [6, 6.07) is 7.54. The third kappa shape index (κ3) is 2.49. The second-order valence-corrected chi connectivity index (χ2v) is 4.87. The van der Waals surface area contributed by atoms with Crippen LogP contribution in [0.25, 0.3) is 5.69 Å². The van der Waals surface area contributed by atoms with Crippen LogP contribution in [-0.4, -0.2) is 29.5 Å². The Hall–Kier alpha value is -1.52. The van der Waals surface area contributed by atoms with E-state index in [4.69, 9.17) is 16.3 Å². The zero-order valence-electron chi connectivity index (χ0n) is 9.84. The van der Waals surface area contributed by atoms with Gasteiger partial charge in [-0.2, -0.15) is 5.10 Å². The summed E-state index contributed by atoms with van der Waals surface area (Å²) in [5.74, 6) is 1.43. The van der Waals surface area contributed by atoms with E-state index in [0.29, 0.717) is 5.92 Å². The Morgan fingerprint density at radius 1 is 1.33 bits per heavy atom. The average Bonchev–Trinajstić information content (AvgIpc) is 2.77. The van der Waals surface area contributed by atoms with Crippen LogP contribution in [0.3, 0.4) is 0 Å². The molecule has 2 heterocycles. The van der Waals surface area contributed by atoms with Gasteiger partial charge < -0.3 is 10.1 Å². The standard InChI is InChI=1S/C13H14ClN3O/c14-11-1-3-12(4-2-11)17-8-13(7-16-17)18-9-10-5-15-6-10/h1-4,7-8,10,15H,5-6,9H2. The number of hydrogen-bond donors (Lipinski definition) is 1. The predicted molar refractivity (Wildman–Crippen MR) is 70.4 cm³/mol. The summed E-state index contributed by atoms with van der Waals surface area (Å²) in [4.78, 5) is 0. The molecule has 0 bridgehead atoms. The number of ether oxygens (including phenoxy) is 1. The molecule has 0 amide bonds. The smallest absolute Gasteiger partial charge is 0.157 e. The van der Waals surface area contributed by atoms with E-state index in [-0.39, 0.29) is 0 Å². The van der Waals surface area contributed by atoms with Crippen molar-refractivity contribution in [2.24, 2.45) is 5.92 Å². The van der Waals surface area contributed by atoms with Crippen LogP contribution in [0.4, 0.5) is 0 Å². The Labute approximate surface area is 111 Å². The fourth-order valence-corrected chi connectivity index (χ4v) is 1.92. The van der Waals surface area contributed by atoms with Gasteiger partial charge in [0, 0.05) is 24.0 Å². The number of halogens is 1. The molecule has 0 aliphatic carbocycles. The molecule has 1 saturated heterocycles. The first-order valence-electron chi connectivity index (χ1n) is 5.95. The number of nitrogens with one attached hydrogen (secondary N) is 1. The van der Waals surface area contributed by atoms with Crippen LogP contribution in [0, 0.1) is 5.92 Å². The lowest BCUT2D eigenvalue weighted by atomic mass is 10.1. The fourth-order valence-electron chi connectivity index (χ4n) is 1.80. The number of rotatable bonds is 4. The maximum absolute atomic E-state index is 5.85. The highest BCUT2D eigenvalue weighted by molar-refractivity contribution is 6.30. The van der Waals surface area contributed by atoms with Gasteiger partial charge in [0.2, 0.25) is 0 Å². The molecule has 94 valence electrons. The molecule has 4 nitrogen and oxygen atoms in total. The molecule has 5 heteroatoms. The lowest BCUT2D eigenvalue weighted by Gasteiger charge is -2.26. The van der Waals surface area contributed by atoms with Crippen LogP contribution in [0.5, 0.6) is 5.75 Å². The average molecular weight is 264 g/mol. The lowest BCUT2D eigenvalue weighted by molar-refractivity contribution is 0.199. The molecule has 1 aliphatic rings. The minimum atomic E-state index is 0.629. The molecule has 0 atom stereocenters. The van der Waals surface area contributed by atoms with Crippen molar-refractivity contribution in [1.29, 1.82) is 0 Å². The summed E-state index contributed by atoms with van der Waals surface area (Å²) in [5, 5.41) is 8.21. The van der Waals surface area contributed by atoms with Gasteiger partial charge in [-0.05, 0) is 24.3 Å². The molecule has 1 aromatic carbocycles. The highest BCUT2D eigenvalue weighted by atomic mass is 35.5. The highest BCUT2D eigenvalue weighted by Crippen LogP contribution is 2.17. The van der Waals surface area contributed by atoms with E-state index < -0.39 is 0 Å². The van der Waals surface area contributed by atoms with E-state index in [1.54, 1.807) is 10.9 Å². The molecule has 1 aromatic heterocycles. The Balaban J connectivity index is 1.66. The molecule has 2 aromatic rings. The van der Waals surface area contributed by atoms with E-state index in [2.05, 4.69) is 10.4 Å². The number of nitrogens with zero attached hydrogens (tertiary/aromatic N) is 2. The summed E-state index contributed by atoms with van der Waals surface area (Å²) in [7, 11) is 0. The van der Waals surface area contributed by atoms with Crippen molar-refractivity contribution in [2.45, 2.75) is 0 Å². The van der Waals surface area contributed by atoms with Crippen LogP contribution in [0.1, 0.15) is 0 Å². The van der Waals surface area contributed by atoms with Gasteiger partial charge in [-0.1, -0.05) is 11.6 Å². The summed E-state index contributed by atoms with van der Waals surface area (Å²) in [6.07, 6.45) is 3.62. The van der Waals surface area contributed by atoms with Crippen molar-refractivity contribution >= 4 is 11.6 Å². The van der Waals surface area contributed by atoms with Crippen LogP contribution in [-0.2, 0) is 0 Å². The molecule has 0 radical (unpaired) electrons. The Morgan fingerprint density at radius 2 is 2.11 bits per heavy atom. The predicted octanol–water partition coefficient (Wildman–Crippen LogP) is 2.12. The highest BCUT2D eigenvalue weighted by Gasteiger charge is 2.17. The zero-order chi connectivity index (χ0) is 12.4. The van der Waals surface area contributed by atoms with Gasteiger partial charge in [0.1, 0.15) is 0 Å². The molecule has 1 N–H and O–H groups in total. The van der Waals surface area contributed by atoms with Crippen molar-refractivity contribution in [3.63, 3.8) is 0 Å². The molecule has 1 fully saturated rings. The lowest BCUT2D eigenvalue weighted by Crippen LogP contribution is -2.45. The first-order valence-corrected chi connectivity index (χ1v) is 6.33. The van der Waals surface area contributed by atoms with Crippen molar-refractivity contribution in [3.8, 4) is 11.4 Å². The normalized spacial score (nSPS) is 15.4. The number of aromatic nitrogens is 2. The third-order valence-electron chi connectivity index (χ3n) is 3.00. The first-order chi connectivity index (χ1) is 8.81. The van der Waals surface area contributed by atoms with E-state index >= 15 is 0 Å². The van der Waals surface area contributed by atoms with Gasteiger partial charge in [0.25, 0.3) is 0 Å². The molecule has 18 heavy (non-hydrogen) atoms. The van der Waals surface area contributed by atoms with Gasteiger partial charge in [0.15, 0.2) is 5.75 Å². The molecule has 3 rings (SSSR count). The summed E-state index contributed by atoms with van der Waals surface area (Å²) in [5.41, 5.74) is 0.972. The SMILES string of the molecule is Clc1ccc(-n2cc(OCC3CNC3)cn2)cc1. The van der Waals surface area contributed by atoms with Crippen molar-refractivity contribution in [2.75, 3.05) is 19.7 Å². The maximum atomic E-state index is 5.85. The van der Waals surface area contributed by atoms with Gasteiger partial charge in [-0.3, -0.25) is 0 Å². The van der Waals surface area contributed by atoms with Crippen LogP contribution in [0.15, 0.2) is 36.7 Å². The Morgan fingerprint density at radius 3 is 2.78 bits per heavy atom. The largest absolute Gasteiger partial charge is 0.490 e. The minimum Gasteiger partial charge on any atom is -0.490 e. The molecule has 1 aliphatic heterocycles. The number of hydrogen-bond acceptors (Lipinski definition) is 3. The quantitative estimate of drug-likeness (QED) is 0.919. The zero-order valence-corrected chi connectivity index (χ0v) is 10.6. The molecule has 0 unspecified atom stereocenters. The molecular formula is C13H14ClN3O. The van der Waals surface area contributed by atoms with Gasteiger partial charge >= 0.3 is 0 Å². The van der Waals surface area contributed by atoms with Crippen molar-refractivity contribution in [3.05, 3.63) is 41.7 Å². The van der Waals surface area contributed by atoms with E-state index in [0.717, 1.165) is 36.2 Å². The second kappa shape index (κ2) is 5.00. The van der Waals surface area contributed by atoms with Crippen LogP contribution >= 0.6 is 11.6 Å². The van der Waals surface area contributed by atoms with Gasteiger partial charge in [-0.15, -0.1) is 0 Å². The molecule has 0 spiro atoms. The fraction of sp³-hybridized carbons (Fsp3) is 0.308. The van der Waals surface area contributed by atoms with E-state index in [1.165, 1.54) is 0 Å². The number of benzene rings is 1. The Kier molecular flexibility index (Phi) is 3.21. The van der Waals surface area contributed by atoms with Crippen molar-refractivity contribution in [1.82, 2.24) is 15.1 Å². The molecular weight excluding hydrogens is 250 g/mol. The minimum absolute atomic E-state index is 0.629. The Bertz CT molecular complexity index is 519. The summed E-state index contributed by atoms with van der Waals surface area (Å²) >= 11 is 5.85. The second-order valence-electron chi connectivity index (χ2n) is 4.43. The van der Waals surface area contributed by atoms with Crippen LogP contribution < -0.4 is 10.1 Å². The third-order valence-corrected chi connectivity index (χ3v) is 3.25. The monoisotopic (exact) mass is 263 g/mol. The van der Waals surface area contributed by atoms with E-state index in [1.807, 2.05) is 30.5 Å².